The number of anilines is 1. The molecule has 2 aromatic carbocycles. The van der Waals surface area contributed by atoms with Crippen molar-refractivity contribution >= 4 is 17.4 Å². The molecule has 1 atom stereocenters. The lowest BCUT2D eigenvalue weighted by molar-refractivity contribution is -0.117. The van der Waals surface area contributed by atoms with Gasteiger partial charge in [0.2, 0.25) is 5.91 Å². The van der Waals surface area contributed by atoms with Crippen LogP contribution in [0.5, 0.6) is 5.75 Å². The predicted molar refractivity (Wildman–Crippen MR) is 94.6 cm³/mol. The molecule has 1 amide bonds. The number of Topliss-reactive ketones (excluding diaryl/α,β-unsaturated/α-hetero) is 1. The number of benzene rings is 2. The molecule has 0 aliphatic carbocycles. The third kappa shape index (κ3) is 3.73. The van der Waals surface area contributed by atoms with Crippen molar-refractivity contribution in [3.8, 4) is 11.8 Å². The third-order valence-corrected chi connectivity index (χ3v) is 4.18. The van der Waals surface area contributed by atoms with Crippen LogP contribution in [0.2, 0.25) is 0 Å². The van der Waals surface area contributed by atoms with Gasteiger partial charge in [-0.3, -0.25) is 9.59 Å². The number of ether oxygens (including phenoxy) is 2. The van der Waals surface area contributed by atoms with Gasteiger partial charge in [0.05, 0.1) is 12.7 Å². The van der Waals surface area contributed by atoms with E-state index in [0.717, 1.165) is 12.0 Å². The number of nitriles is 1. The van der Waals surface area contributed by atoms with E-state index in [0.29, 0.717) is 23.6 Å². The van der Waals surface area contributed by atoms with E-state index in [4.69, 9.17) is 9.47 Å². The second kappa shape index (κ2) is 7.81. The molecule has 0 saturated heterocycles. The lowest BCUT2D eigenvalue weighted by atomic mass is 9.96. The van der Waals surface area contributed by atoms with Gasteiger partial charge in [-0.25, -0.2) is 0 Å². The minimum Gasteiger partial charge on any atom is -0.467 e. The van der Waals surface area contributed by atoms with Gasteiger partial charge >= 0.3 is 0 Å². The Bertz CT molecular complexity index is 868. The summed E-state index contributed by atoms with van der Waals surface area (Å²) in [5.74, 6) is -1.98. The molecule has 26 heavy (non-hydrogen) atoms. The molecule has 0 fully saturated rings. The van der Waals surface area contributed by atoms with Crippen LogP contribution in [0, 0.1) is 17.2 Å². The minimum absolute atomic E-state index is 0.167. The van der Waals surface area contributed by atoms with Crippen LogP contribution in [-0.2, 0) is 22.6 Å². The van der Waals surface area contributed by atoms with Crippen molar-refractivity contribution in [3.05, 3.63) is 59.2 Å². The highest BCUT2D eigenvalue weighted by molar-refractivity contribution is 6.15. The number of hydrogen-bond acceptors (Lipinski definition) is 5. The highest BCUT2D eigenvalue weighted by atomic mass is 16.7. The van der Waals surface area contributed by atoms with Crippen molar-refractivity contribution in [2.24, 2.45) is 5.92 Å². The van der Waals surface area contributed by atoms with E-state index in [1.807, 2.05) is 19.1 Å². The molecule has 0 radical (unpaired) electrons. The predicted octanol–water partition coefficient (Wildman–Crippen LogP) is 3.08. The second-order valence-electron chi connectivity index (χ2n) is 5.90. The summed E-state index contributed by atoms with van der Waals surface area (Å²) in [6.07, 6.45) is 0.888. The Morgan fingerprint density at radius 1 is 1.23 bits per heavy atom. The van der Waals surface area contributed by atoms with E-state index in [2.05, 4.69) is 5.32 Å². The van der Waals surface area contributed by atoms with Crippen molar-refractivity contribution in [1.29, 1.82) is 5.26 Å². The first-order valence-corrected chi connectivity index (χ1v) is 8.29. The number of carbonyl (C=O) groups is 2. The molecule has 1 heterocycles. The number of ketones is 1. The summed E-state index contributed by atoms with van der Waals surface area (Å²) >= 11 is 0. The van der Waals surface area contributed by atoms with Crippen molar-refractivity contribution in [2.75, 3.05) is 12.1 Å². The Hall–Kier alpha value is -3.17. The average molecular weight is 350 g/mol. The van der Waals surface area contributed by atoms with Crippen LogP contribution >= 0.6 is 0 Å². The number of carbonyl (C=O) groups excluding carboxylic acids is 2. The fourth-order valence-corrected chi connectivity index (χ4v) is 2.68. The Balaban J connectivity index is 1.75. The maximum Gasteiger partial charge on any atom is 0.249 e. The summed E-state index contributed by atoms with van der Waals surface area (Å²) in [6, 6.07) is 13.9. The summed E-state index contributed by atoms with van der Waals surface area (Å²) in [7, 11) is 0. The van der Waals surface area contributed by atoms with Crippen LogP contribution in [-0.4, -0.2) is 18.5 Å². The highest BCUT2D eigenvalue weighted by Crippen LogP contribution is 2.25. The molecule has 2 aromatic rings. The first kappa shape index (κ1) is 17.6. The number of hydrogen-bond donors (Lipinski definition) is 1. The van der Waals surface area contributed by atoms with E-state index in [1.165, 1.54) is 0 Å². The van der Waals surface area contributed by atoms with Gasteiger partial charge in [-0.1, -0.05) is 19.1 Å². The van der Waals surface area contributed by atoms with Crippen LogP contribution < -0.4 is 10.1 Å². The first-order valence-electron chi connectivity index (χ1n) is 8.29. The van der Waals surface area contributed by atoms with Crippen molar-refractivity contribution < 1.29 is 19.1 Å². The Labute approximate surface area is 151 Å². The van der Waals surface area contributed by atoms with Crippen LogP contribution in [0.25, 0.3) is 0 Å². The van der Waals surface area contributed by atoms with E-state index in [1.54, 1.807) is 36.4 Å². The number of amides is 1. The summed E-state index contributed by atoms with van der Waals surface area (Å²) in [6.45, 7) is 2.52. The van der Waals surface area contributed by atoms with Gasteiger partial charge in [0, 0.05) is 16.8 Å². The molecule has 6 heteroatoms. The fraction of sp³-hybridized carbons (Fsp3) is 0.250. The molecule has 6 nitrogen and oxygen atoms in total. The molecule has 1 N–H and O–H groups in total. The molecule has 1 aliphatic rings. The standard InChI is InChI=1S/C20H18N2O4/c1-2-13-3-6-16(7-4-13)22-20(24)17(10-21)19(23)14-5-8-18-15(9-14)11-25-12-26-18/h3-9,17H,2,11-12H2,1H3,(H,22,24). The van der Waals surface area contributed by atoms with Gasteiger partial charge in [-0.05, 0) is 42.3 Å². The van der Waals surface area contributed by atoms with Crippen molar-refractivity contribution in [2.45, 2.75) is 20.0 Å². The SMILES string of the molecule is CCc1ccc(NC(=O)C(C#N)C(=O)c2ccc3c(c2)COCO3)cc1. The zero-order chi connectivity index (χ0) is 18.5. The average Bonchev–Trinajstić information content (AvgIpc) is 2.68. The van der Waals surface area contributed by atoms with E-state index >= 15 is 0 Å². The first-order chi connectivity index (χ1) is 12.6. The maximum atomic E-state index is 12.6. The number of fused-ring (bicyclic) bond motifs is 1. The monoisotopic (exact) mass is 350 g/mol. The lowest BCUT2D eigenvalue weighted by Gasteiger charge is -2.18. The Morgan fingerprint density at radius 3 is 2.69 bits per heavy atom. The molecular formula is C20H18N2O4. The zero-order valence-corrected chi connectivity index (χ0v) is 14.3. The molecule has 0 bridgehead atoms. The molecular weight excluding hydrogens is 332 g/mol. The number of nitrogens with one attached hydrogen (secondary N) is 1. The fourth-order valence-electron chi connectivity index (χ4n) is 2.68. The molecule has 0 spiro atoms. The largest absolute Gasteiger partial charge is 0.467 e. The molecule has 1 unspecified atom stereocenters. The van der Waals surface area contributed by atoms with Crippen LogP contribution in [0.4, 0.5) is 5.69 Å². The third-order valence-electron chi connectivity index (χ3n) is 4.18. The number of nitrogens with zero attached hydrogens (tertiary/aromatic N) is 1. The zero-order valence-electron chi connectivity index (χ0n) is 14.3. The summed E-state index contributed by atoms with van der Waals surface area (Å²) in [4.78, 5) is 25.0. The summed E-state index contributed by atoms with van der Waals surface area (Å²) in [5, 5.41) is 12.0. The summed E-state index contributed by atoms with van der Waals surface area (Å²) < 4.78 is 10.5. The van der Waals surface area contributed by atoms with Gasteiger partial charge < -0.3 is 14.8 Å². The molecule has 132 valence electrons. The lowest BCUT2D eigenvalue weighted by Crippen LogP contribution is -2.29. The number of aryl methyl sites for hydroxylation is 1. The van der Waals surface area contributed by atoms with Crippen molar-refractivity contribution in [3.63, 3.8) is 0 Å². The topological polar surface area (TPSA) is 88.4 Å². The molecule has 0 aromatic heterocycles. The van der Waals surface area contributed by atoms with Gasteiger partial charge in [0.1, 0.15) is 5.75 Å². The van der Waals surface area contributed by atoms with Crippen LogP contribution in [0.1, 0.15) is 28.4 Å². The Kier molecular flexibility index (Phi) is 5.30. The Morgan fingerprint density at radius 2 is 2.00 bits per heavy atom. The highest BCUT2D eigenvalue weighted by Gasteiger charge is 2.28. The van der Waals surface area contributed by atoms with Gasteiger partial charge in [0.25, 0.3) is 0 Å². The van der Waals surface area contributed by atoms with E-state index in [-0.39, 0.29) is 12.4 Å². The summed E-state index contributed by atoms with van der Waals surface area (Å²) in [5.41, 5.74) is 2.68. The quantitative estimate of drug-likeness (QED) is 0.661. The normalized spacial score (nSPS) is 13.7. The van der Waals surface area contributed by atoms with Crippen LogP contribution in [0.15, 0.2) is 42.5 Å². The van der Waals surface area contributed by atoms with E-state index in [9.17, 15) is 14.9 Å². The van der Waals surface area contributed by atoms with Gasteiger partial charge in [0.15, 0.2) is 18.5 Å². The molecule has 3 rings (SSSR count). The van der Waals surface area contributed by atoms with E-state index < -0.39 is 17.6 Å². The minimum atomic E-state index is -1.43. The molecule has 1 aliphatic heterocycles. The maximum absolute atomic E-state index is 12.6. The smallest absolute Gasteiger partial charge is 0.249 e. The number of rotatable bonds is 5. The van der Waals surface area contributed by atoms with Crippen LogP contribution in [0.3, 0.4) is 0 Å². The van der Waals surface area contributed by atoms with Gasteiger partial charge in [-0.2, -0.15) is 5.26 Å². The second-order valence-corrected chi connectivity index (χ2v) is 5.90. The van der Waals surface area contributed by atoms with Gasteiger partial charge in [-0.15, -0.1) is 0 Å². The van der Waals surface area contributed by atoms with Crippen molar-refractivity contribution in [1.82, 2.24) is 0 Å². The molecule has 0 saturated carbocycles.